The number of carbonyl (C=O) groups is 2. The lowest BCUT2D eigenvalue weighted by Crippen LogP contribution is -2.49. The van der Waals surface area contributed by atoms with Crippen molar-refractivity contribution >= 4 is 53.1 Å². The highest BCUT2D eigenvalue weighted by molar-refractivity contribution is 14.0. The first-order valence-corrected chi connectivity index (χ1v) is 11.0. The fourth-order valence-electron chi connectivity index (χ4n) is 3.28. The maximum Gasteiger partial charge on any atom is 0.254 e. The number of benzene rings is 1. The van der Waals surface area contributed by atoms with E-state index in [9.17, 15) is 9.59 Å². The lowest BCUT2D eigenvalue weighted by Gasteiger charge is -2.26. The Balaban J connectivity index is 0.00000341. The second-order valence-electron chi connectivity index (χ2n) is 7.47. The van der Waals surface area contributed by atoms with Gasteiger partial charge in [0.15, 0.2) is 5.96 Å². The van der Waals surface area contributed by atoms with Gasteiger partial charge in [-0.1, -0.05) is 25.1 Å². The predicted molar refractivity (Wildman–Crippen MR) is 136 cm³/mol. The molecule has 1 aliphatic heterocycles. The van der Waals surface area contributed by atoms with Gasteiger partial charge in [-0.25, -0.2) is 0 Å². The number of hydrogen-bond donors (Lipinski definition) is 3. The molecule has 3 N–H and O–H groups in total. The first-order valence-electron chi connectivity index (χ1n) is 10.2. The molecule has 0 saturated carbocycles. The fraction of sp³-hybridized carbons (Fsp3) is 0.409. The highest BCUT2D eigenvalue weighted by Gasteiger charge is 2.22. The number of rotatable bonds is 7. The molecule has 168 valence electrons. The molecule has 1 saturated heterocycles. The van der Waals surface area contributed by atoms with Crippen LogP contribution in [0.5, 0.6) is 0 Å². The number of thiophene rings is 1. The van der Waals surface area contributed by atoms with Crippen LogP contribution in [0.4, 0.5) is 0 Å². The van der Waals surface area contributed by atoms with E-state index in [0.717, 1.165) is 24.5 Å². The SMILES string of the molecule is CN=C(NCc1ccc(C(=O)N2CCNC(=O)C2)cc1)NCC(C)Cc1cccs1.I. The molecule has 0 bridgehead atoms. The summed E-state index contributed by atoms with van der Waals surface area (Å²) in [7, 11) is 1.76. The molecule has 0 aliphatic carbocycles. The minimum atomic E-state index is -0.112. The van der Waals surface area contributed by atoms with Crippen LogP contribution in [-0.4, -0.2) is 55.9 Å². The highest BCUT2D eigenvalue weighted by atomic mass is 127. The van der Waals surface area contributed by atoms with Gasteiger partial charge >= 0.3 is 0 Å². The molecule has 1 aromatic heterocycles. The first-order chi connectivity index (χ1) is 14.5. The second kappa shape index (κ2) is 12.7. The zero-order valence-electron chi connectivity index (χ0n) is 17.9. The Hall–Kier alpha value is -2.14. The van der Waals surface area contributed by atoms with Crippen molar-refractivity contribution in [1.29, 1.82) is 0 Å². The summed E-state index contributed by atoms with van der Waals surface area (Å²) in [6.07, 6.45) is 1.05. The van der Waals surface area contributed by atoms with Crippen molar-refractivity contribution in [3.63, 3.8) is 0 Å². The summed E-state index contributed by atoms with van der Waals surface area (Å²) >= 11 is 1.79. The van der Waals surface area contributed by atoms with Crippen LogP contribution < -0.4 is 16.0 Å². The zero-order chi connectivity index (χ0) is 21.3. The van der Waals surface area contributed by atoms with E-state index in [1.807, 2.05) is 24.3 Å². The fourth-order valence-corrected chi connectivity index (χ4v) is 4.15. The van der Waals surface area contributed by atoms with Crippen LogP contribution in [0.3, 0.4) is 0 Å². The Labute approximate surface area is 204 Å². The van der Waals surface area contributed by atoms with Crippen molar-refractivity contribution in [2.45, 2.75) is 19.9 Å². The monoisotopic (exact) mass is 555 g/mol. The molecule has 1 aliphatic rings. The van der Waals surface area contributed by atoms with Gasteiger partial charge in [-0.2, -0.15) is 0 Å². The summed E-state index contributed by atoms with van der Waals surface area (Å²) in [5, 5.41) is 11.5. The van der Waals surface area contributed by atoms with E-state index >= 15 is 0 Å². The molecule has 1 unspecified atom stereocenters. The summed E-state index contributed by atoms with van der Waals surface area (Å²) in [5.74, 6) is 1.04. The molecule has 1 fully saturated rings. The Morgan fingerprint density at radius 3 is 2.68 bits per heavy atom. The number of carbonyl (C=O) groups excluding carboxylic acids is 2. The van der Waals surface area contributed by atoms with Crippen molar-refractivity contribution in [3.05, 3.63) is 57.8 Å². The number of nitrogens with zero attached hydrogens (tertiary/aromatic N) is 2. The van der Waals surface area contributed by atoms with E-state index < -0.39 is 0 Å². The van der Waals surface area contributed by atoms with Gasteiger partial charge < -0.3 is 20.9 Å². The van der Waals surface area contributed by atoms with Gasteiger partial charge in [0.2, 0.25) is 5.91 Å². The number of aliphatic imine (C=N–C) groups is 1. The summed E-state index contributed by atoms with van der Waals surface area (Å²) in [6.45, 7) is 4.84. The van der Waals surface area contributed by atoms with Crippen LogP contribution in [0.15, 0.2) is 46.8 Å². The molecule has 3 rings (SSSR count). The number of piperazine rings is 1. The predicted octanol–water partition coefficient (Wildman–Crippen LogP) is 2.48. The van der Waals surface area contributed by atoms with Gasteiger partial charge in [0.25, 0.3) is 5.91 Å². The number of hydrogen-bond acceptors (Lipinski definition) is 4. The quantitative estimate of drug-likeness (QED) is 0.279. The first kappa shape index (κ1) is 25.1. The molecule has 2 aromatic rings. The van der Waals surface area contributed by atoms with Gasteiger partial charge in [-0.15, -0.1) is 35.3 Å². The molecule has 0 spiro atoms. The van der Waals surface area contributed by atoms with Gasteiger partial charge in [-0.05, 0) is 41.5 Å². The summed E-state index contributed by atoms with van der Waals surface area (Å²) in [4.78, 5) is 31.3. The number of nitrogens with one attached hydrogen (secondary N) is 3. The highest BCUT2D eigenvalue weighted by Crippen LogP contribution is 2.14. The van der Waals surface area contributed by atoms with Crippen LogP contribution in [0.1, 0.15) is 27.7 Å². The third-order valence-electron chi connectivity index (χ3n) is 4.96. The van der Waals surface area contributed by atoms with Gasteiger partial charge in [0, 0.05) is 43.7 Å². The largest absolute Gasteiger partial charge is 0.356 e. The van der Waals surface area contributed by atoms with Crippen LogP contribution >= 0.6 is 35.3 Å². The number of halogens is 1. The third-order valence-corrected chi connectivity index (χ3v) is 5.86. The molecule has 1 atom stereocenters. The second-order valence-corrected chi connectivity index (χ2v) is 8.50. The van der Waals surface area contributed by atoms with Crippen LogP contribution in [0, 0.1) is 5.92 Å². The standard InChI is InChI=1S/C22H29N5O2S.HI/c1-16(12-19-4-3-11-30-19)13-25-22(23-2)26-14-17-5-7-18(8-6-17)21(29)27-10-9-24-20(28)15-27;/h3-8,11,16H,9-10,12-15H2,1-2H3,(H,24,28)(H2,23,25,26);1H. The van der Waals surface area contributed by atoms with Gasteiger partial charge in [-0.3, -0.25) is 14.6 Å². The molecule has 1 aromatic carbocycles. The van der Waals surface area contributed by atoms with Crippen LogP contribution in [-0.2, 0) is 17.8 Å². The molecule has 7 nitrogen and oxygen atoms in total. The minimum Gasteiger partial charge on any atom is -0.356 e. The number of amides is 2. The normalized spacial score (nSPS) is 15.0. The minimum absolute atomic E-state index is 0. The molecule has 2 heterocycles. The van der Waals surface area contributed by atoms with Gasteiger partial charge in [0.1, 0.15) is 0 Å². The molecular formula is C22H30IN5O2S. The van der Waals surface area contributed by atoms with Crippen LogP contribution in [0.25, 0.3) is 0 Å². The van der Waals surface area contributed by atoms with E-state index in [0.29, 0.717) is 31.1 Å². The Kier molecular flexibility index (Phi) is 10.3. The van der Waals surface area contributed by atoms with Gasteiger partial charge in [0.05, 0.1) is 6.54 Å². The van der Waals surface area contributed by atoms with Crippen molar-refractivity contribution in [1.82, 2.24) is 20.9 Å². The Bertz CT molecular complexity index is 871. The zero-order valence-corrected chi connectivity index (χ0v) is 21.0. The lowest BCUT2D eigenvalue weighted by atomic mass is 10.1. The summed E-state index contributed by atoms with van der Waals surface area (Å²) in [5.41, 5.74) is 1.65. The average molecular weight is 555 g/mol. The topological polar surface area (TPSA) is 85.8 Å². The molecule has 2 amide bonds. The van der Waals surface area contributed by atoms with E-state index in [4.69, 9.17) is 0 Å². The molecule has 31 heavy (non-hydrogen) atoms. The molecule has 9 heteroatoms. The maximum absolute atomic E-state index is 12.5. The van der Waals surface area contributed by atoms with Crippen molar-refractivity contribution in [3.8, 4) is 0 Å². The van der Waals surface area contributed by atoms with Crippen molar-refractivity contribution < 1.29 is 9.59 Å². The maximum atomic E-state index is 12.5. The van der Waals surface area contributed by atoms with E-state index in [1.165, 1.54) is 4.88 Å². The van der Waals surface area contributed by atoms with E-state index in [1.54, 1.807) is 23.3 Å². The number of guanidine groups is 1. The summed E-state index contributed by atoms with van der Waals surface area (Å²) < 4.78 is 0. The smallest absolute Gasteiger partial charge is 0.254 e. The Morgan fingerprint density at radius 1 is 1.26 bits per heavy atom. The lowest BCUT2D eigenvalue weighted by molar-refractivity contribution is -0.123. The third kappa shape index (κ3) is 7.80. The summed E-state index contributed by atoms with van der Waals surface area (Å²) in [6, 6.07) is 11.7. The molecule has 0 radical (unpaired) electrons. The van der Waals surface area contributed by atoms with Crippen molar-refractivity contribution in [2.75, 3.05) is 33.2 Å². The van der Waals surface area contributed by atoms with E-state index in [2.05, 4.69) is 45.4 Å². The average Bonchev–Trinajstić information content (AvgIpc) is 3.26. The van der Waals surface area contributed by atoms with Crippen LogP contribution in [0.2, 0.25) is 0 Å². The van der Waals surface area contributed by atoms with Crippen molar-refractivity contribution in [2.24, 2.45) is 10.9 Å². The molecular weight excluding hydrogens is 525 g/mol. The Morgan fingerprint density at radius 2 is 2.03 bits per heavy atom. The van der Waals surface area contributed by atoms with E-state index in [-0.39, 0.29) is 42.3 Å².